The summed E-state index contributed by atoms with van der Waals surface area (Å²) in [6, 6.07) is 7.30. The molecule has 0 aliphatic heterocycles. The Bertz CT molecular complexity index is 541. The number of nitrogens with one attached hydrogen (secondary N) is 1. The zero-order valence-corrected chi connectivity index (χ0v) is 11.1. The minimum atomic E-state index is 0.0398. The molecule has 2 heterocycles. The molecule has 0 bridgehead atoms. The molecule has 0 amide bonds. The summed E-state index contributed by atoms with van der Waals surface area (Å²) < 4.78 is 0.937. The molecule has 0 spiro atoms. The van der Waals surface area contributed by atoms with Gasteiger partial charge in [0.15, 0.2) is 0 Å². The molecule has 2 aromatic rings. The molecular formula is C11H9BrN4S. The Morgan fingerprint density at radius 2 is 2.06 bits per heavy atom. The maximum atomic E-state index is 7.36. The zero-order valence-electron chi connectivity index (χ0n) is 8.72. The molecule has 0 atom stereocenters. The summed E-state index contributed by atoms with van der Waals surface area (Å²) in [6.07, 6.45) is 3.37. The maximum Gasteiger partial charge on any atom is 0.122 e. The van der Waals surface area contributed by atoms with E-state index in [1.807, 2.05) is 12.1 Å². The summed E-state index contributed by atoms with van der Waals surface area (Å²) in [5, 5.41) is 8.98. The van der Waals surface area contributed by atoms with Gasteiger partial charge in [0.05, 0.1) is 0 Å². The van der Waals surface area contributed by atoms with Crippen molar-refractivity contribution in [3.05, 3.63) is 46.7 Å². The van der Waals surface area contributed by atoms with Crippen molar-refractivity contribution < 1.29 is 0 Å². The fraction of sp³-hybridized carbons (Fsp3) is 0. The van der Waals surface area contributed by atoms with Crippen molar-refractivity contribution in [3.63, 3.8) is 0 Å². The fourth-order valence-electron chi connectivity index (χ4n) is 1.16. The van der Waals surface area contributed by atoms with E-state index >= 15 is 0 Å². The van der Waals surface area contributed by atoms with E-state index in [4.69, 9.17) is 11.1 Å². The average molecular weight is 309 g/mol. The molecule has 0 saturated carbocycles. The third-order valence-electron chi connectivity index (χ3n) is 1.96. The van der Waals surface area contributed by atoms with Gasteiger partial charge in [-0.05, 0) is 40.2 Å². The number of rotatable bonds is 3. The van der Waals surface area contributed by atoms with E-state index in [9.17, 15) is 0 Å². The van der Waals surface area contributed by atoms with Crippen LogP contribution in [-0.4, -0.2) is 15.8 Å². The van der Waals surface area contributed by atoms with Crippen LogP contribution in [0.15, 0.2) is 51.2 Å². The first-order valence-electron chi connectivity index (χ1n) is 4.75. The molecule has 0 radical (unpaired) electrons. The summed E-state index contributed by atoms with van der Waals surface area (Å²) in [7, 11) is 0. The van der Waals surface area contributed by atoms with Crippen molar-refractivity contribution in [2.24, 2.45) is 5.73 Å². The predicted octanol–water partition coefficient (Wildman–Crippen LogP) is 2.67. The molecule has 0 unspecified atom stereocenters. The molecule has 2 rings (SSSR count). The van der Waals surface area contributed by atoms with E-state index in [1.54, 1.807) is 24.5 Å². The quantitative estimate of drug-likeness (QED) is 0.675. The lowest BCUT2D eigenvalue weighted by atomic mass is 10.2. The van der Waals surface area contributed by atoms with Crippen LogP contribution in [0.1, 0.15) is 5.56 Å². The second-order valence-corrected chi connectivity index (χ2v) is 5.17. The van der Waals surface area contributed by atoms with Gasteiger partial charge in [-0.2, -0.15) is 0 Å². The summed E-state index contributed by atoms with van der Waals surface area (Å²) in [4.78, 5) is 8.44. The third-order valence-corrected chi connectivity index (χ3v) is 3.31. The third kappa shape index (κ3) is 3.28. The molecule has 2 aromatic heterocycles. The Morgan fingerprint density at radius 1 is 1.24 bits per heavy atom. The average Bonchev–Trinajstić information content (AvgIpc) is 2.32. The Hall–Kier alpha value is -1.40. The van der Waals surface area contributed by atoms with Crippen LogP contribution < -0.4 is 5.73 Å². The lowest BCUT2D eigenvalue weighted by Gasteiger charge is -2.02. The van der Waals surface area contributed by atoms with Gasteiger partial charge in [-0.15, -0.1) is 0 Å². The normalized spacial score (nSPS) is 10.2. The summed E-state index contributed by atoms with van der Waals surface area (Å²) in [6.45, 7) is 0. The maximum absolute atomic E-state index is 7.36. The van der Waals surface area contributed by atoms with Crippen molar-refractivity contribution in [1.82, 2.24) is 9.97 Å². The van der Waals surface area contributed by atoms with Crippen LogP contribution in [0.4, 0.5) is 0 Å². The fourth-order valence-corrected chi connectivity index (χ4v) is 2.15. The molecule has 3 N–H and O–H groups in total. The van der Waals surface area contributed by atoms with Crippen LogP contribution in [0.3, 0.4) is 0 Å². The highest BCUT2D eigenvalue weighted by molar-refractivity contribution is 9.10. The largest absolute Gasteiger partial charge is 0.384 e. The second kappa shape index (κ2) is 5.29. The van der Waals surface area contributed by atoms with Crippen molar-refractivity contribution in [2.45, 2.75) is 10.1 Å². The first kappa shape index (κ1) is 12.1. The van der Waals surface area contributed by atoms with Gasteiger partial charge in [-0.3, -0.25) is 5.41 Å². The van der Waals surface area contributed by atoms with E-state index in [0.29, 0.717) is 5.56 Å². The van der Waals surface area contributed by atoms with Crippen molar-refractivity contribution in [2.75, 3.05) is 0 Å². The number of nitrogens with two attached hydrogens (primary N) is 1. The number of aromatic nitrogens is 2. The molecule has 6 heteroatoms. The van der Waals surface area contributed by atoms with Gasteiger partial charge in [0.25, 0.3) is 0 Å². The summed E-state index contributed by atoms with van der Waals surface area (Å²) in [5.74, 6) is 0.0398. The van der Waals surface area contributed by atoms with E-state index in [-0.39, 0.29) is 5.84 Å². The lowest BCUT2D eigenvalue weighted by molar-refractivity contribution is 1.08. The standard InChI is InChI=1S/C11H9BrN4S/c12-8-1-2-9(16-6-8)17-10-5-7(11(13)14)3-4-15-10/h1-6H,(H3,13,14). The topological polar surface area (TPSA) is 75.7 Å². The van der Waals surface area contributed by atoms with Crippen molar-refractivity contribution in [3.8, 4) is 0 Å². The van der Waals surface area contributed by atoms with Crippen LogP contribution in [0.2, 0.25) is 0 Å². The number of pyridine rings is 2. The minimum absolute atomic E-state index is 0.0398. The number of halogens is 1. The Kier molecular flexibility index (Phi) is 3.75. The number of hydrogen-bond donors (Lipinski definition) is 2. The van der Waals surface area contributed by atoms with Gasteiger partial charge in [0, 0.05) is 22.4 Å². The van der Waals surface area contributed by atoms with E-state index in [0.717, 1.165) is 14.5 Å². The first-order chi connectivity index (χ1) is 8.15. The Balaban J connectivity index is 2.21. The first-order valence-corrected chi connectivity index (χ1v) is 6.36. The monoisotopic (exact) mass is 308 g/mol. The van der Waals surface area contributed by atoms with Crippen LogP contribution in [0, 0.1) is 5.41 Å². The predicted molar refractivity (Wildman–Crippen MR) is 71.3 cm³/mol. The number of nitrogens with zero attached hydrogens (tertiary/aromatic N) is 2. The van der Waals surface area contributed by atoms with E-state index < -0.39 is 0 Å². The van der Waals surface area contributed by atoms with Gasteiger partial charge in [0.2, 0.25) is 0 Å². The van der Waals surface area contributed by atoms with Gasteiger partial charge < -0.3 is 5.73 Å². The van der Waals surface area contributed by atoms with Crippen LogP contribution in [0.25, 0.3) is 0 Å². The molecule has 17 heavy (non-hydrogen) atoms. The number of hydrogen-bond acceptors (Lipinski definition) is 4. The van der Waals surface area contributed by atoms with Gasteiger partial charge in [-0.25, -0.2) is 9.97 Å². The summed E-state index contributed by atoms with van der Waals surface area (Å²) >= 11 is 4.76. The molecule has 0 aromatic carbocycles. The van der Waals surface area contributed by atoms with Crippen molar-refractivity contribution in [1.29, 1.82) is 5.41 Å². The van der Waals surface area contributed by atoms with Crippen LogP contribution in [-0.2, 0) is 0 Å². The van der Waals surface area contributed by atoms with Crippen LogP contribution >= 0.6 is 27.7 Å². The van der Waals surface area contributed by atoms with Gasteiger partial charge in [-0.1, -0.05) is 11.8 Å². The highest BCUT2D eigenvalue weighted by atomic mass is 79.9. The molecule has 86 valence electrons. The summed E-state index contributed by atoms with van der Waals surface area (Å²) in [5.41, 5.74) is 6.09. The van der Waals surface area contributed by atoms with Crippen molar-refractivity contribution >= 4 is 33.5 Å². The molecule has 0 fully saturated rings. The molecule has 4 nitrogen and oxygen atoms in total. The SMILES string of the molecule is N=C(N)c1ccnc(Sc2ccc(Br)cn2)c1. The van der Waals surface area contributed by atoms with Gasteiger partial charge >= 0.3 is 0 Å². The molecule has 0 saturated heterocycles. The molecular weight excluding hydrogens is 300 g/mol. The smallest absolute Gasteiger partial charge is 0.122 e. The minimum Gasteiger partial charge on any atom is -0.384 e. The zero-order chi connectivity index (χ0) is 12.3. The molecule has 0 aliphatic carbocycles. The van der Waals surface area contributed by atoms with Gasteiger partial charge in [0.1, 0.15) is 15.9 Å². The molecule has 0 aliphatic rings. The second-order valence-electron chi connectivity index (χ2n) is 3.21. The highest BCUT2D eigenvalue weighted by Gasteiger charge is 2.03. The van der Waals surface area contributed by atoms with E-state index in [2.05, 4.69) is 25.9 Å². The Labute approximate surface area is 111 Å². The van der Waals surface area contributed by atoms with E-state index in [1.165, 1.54) is 11.8 Å². The van der Waals surface area contributed by atoms with Crippen LogP contribution in [0.5, 0.6) is 0 Å². The highest BCUT2D eigenvalue weighted by Crippen LogP contribution is 2.25. The number of amidine groups is 1. The Morgan fingerprint density at radius 3 is 2.71 bits per heavy atom. The number of nitrogen functional groups attached to an aromatic ring is 1. The lowest BCUT2D eigenvalue weighted by Crippen LogP contribution is -2.10.